The molecule has 0 saturated carbocycles. The summed E-state index contributed by atoms with van der Waals surface area (Å²) in [6.45, 7) is 1.97. The number of anilines is 1. The molecule has 5 nitrogen and oxygen atoms in total. The van der Waals surface area contributed by atoms with Gasteiger partial charge in [-0.25, -0.2) is 12.8 Å². The van der Waals surface area contributed by atoms with Crippen molar-refractivity contribution in [2.24, 2.45) is 0 Å². The van der Waals surface area contributed by atoms with Crippen LogP contribution in [0.2, 0.25) is 5.02 Å². The maximum Gasteiger partial charge on any atom is 0.251 e. The third-order valence-electron chi connectivity index (χ3n) is 3.47. The van der Waals surface area contributed by atoms with Gasteiger partial charge in [0.1, 0.15) is 5.82 Å². The second-order valence-electron chi connectivity index (χ2n) is 5.56. The molecule has 0 spiro atoms. The van der Waals surface area contributed by atoms with E-state index in [4.69, 9.17) is 11.6 Å². The lowest BCUT2D eigenvalue weighted by atomic mass is 10.1. The molecule has 0 aliphatic heterocycles. The second kappa shape index (κ2) is 7.84. The van der Waals surface area contributed by atoms with Crippen molar-refractivity contribution in [3.63, 3.8) is 0 Å². The van der Waals surface area contributed by atoms with Crippen LogP contribution in [0.1, 0.15) is 15.9 Å². The highest BCUT2D eigenvalue weighted by molar-refractivity contribution is 7.92. The Morgan fingerprint density at radius 2 is 1.96 bits per heavy atom. The van der Waals surface area contributed by atoms with E-state index in [9.17, 15) is 17.6 Å². The first-order valence-corrected chi connectivity index (χ1v) is 9.69. The van der Waals surface area contributed by atoms with E-state index in [-0.39, 0.29) is 29.7 Å². The number of hydrogen-bond acceptors (Lipinski definition) is 3. The van der Waals surface area contributed by atoms with Gasteiger partial charge in [-0.05, 0) is 37.3 Å². The number of benzene rings is 2. The lowest BCUT2D eigenvalue weighted by molar-refractivity contribution is 0.0954. The fourth-order valence-electron chi connectivity index (χ4n) is 2.29. The average molecular weight is 385 g/mol. The van der Waals surface area contributed by atoms with Crippen LogP contribution in [0.25, 0.3) is 0 Å². The van der Waals surface area contributed by atoms with Crippen molar-refractivity contribution >= 4 is 33.2 Å². The number of amides is 1. The molecule has 2 aromatic rings. The zero-order chi connectivity index (χ0) is 18.6. The van der Waals surface area contributed by atoms with Crippen LogP contribution in [0.4, 0.5) is 10.1 Å². The SMILES string of the molecule is Cc1cccc(C(=O)NCCN(c2ccc(F)c(Cl)c2)S(C)(=O)=O)c1. The summed E-state index contributed by atoms with van der Waals surface area (Å²) < 4.78 is 38.3. The summed E-state index contributed by atoms with van der Waals surface area (Å²) in [4.78, 5) is 12.1. The Morgan fingerprint density at radius 3 is 2.56 bits per heavy atom. The quantitative estimate of drug-likeness (QED) is 0.832. The topological polar surface area (TPSA) is 66.5 Å². The number of rotatable bonds is 6. The summed E-state index contributed by atoms with van der Waals surface area (Å²) in [7, 11) is -3.62. The molecule has 0 radical (unpaired) electrons. The zero-order valence-corrected chi connectivity index (χ0v) is 15.4. The maximum absolute atomic E-state index is 13.3. The Bertz CT molecular complexity index is 887. The van der Waals surface area contributed by atoms with E-state index in [1.165, 1.54) is 12.1 Å². The molecule has 0 aliphatic rings. The van der Waals surface area contributed by atoms with Gasteiger partial charge in [0.15, 0.2) is 0 Å². The van der Waals surface area contributed by atoms with Crippen LogP contribution in [0, 0.1) is 12.7 Å². The third-order valence-corrected chi connectivity index (χ3v) is 4.96. The van der Waals surface area contributed by atoms with Gasteiger partial charge in [0.05, 0.1) is 23.5 Å². The van der Waals surface area contributed by atoms with Gasteiger partial charge in [0.25, 0.3) is 5.91 Å². The smallest absolute Gasteiger partial charge is 0.251 e. The van der Waals surface area contributed by atoms with Gasteiger partial charge >= 0.3 is 0 Å². The van der Waals surface area contributed by atoms with Crippen molar-refractivity contribution in [1.82, 2.24) is 5.32 Å². The van der Waals surface area contributed by atoms with E-state index < -0.39 is 15.8 Å². The van der Waals surface area contributed by atoms with Crippen LogP contribution in [0.3, 0.4) is 0 Å². The first-order chi connectivity index (χ1) is 11.7. The number of nitrogens with one attached hydrogen (secondary N) is 1. The average Bonchev–Trinajstić information content (AvgIpc) is 2.53. The monoisotopic (exact) mass is 384 g/mol. The Hall–Kier alpha value is -2.12. The summed E-state index contributed by atoms with van der Waals surface area (Å²) in [5.41, 5.74) is 1.68. The van der Waals surface area contributed by atoms with Crippen molar-refractivity contribution in [2.75, 3.05) is 23.7 Å². The van der Waals surface area contributed by atoms with Crippen LogP contribution in [-0.4, -0.2) is 33.7 Å². The van der Waals surface area contributed by atoms with Crippen molar-refractivity contribution in [3.8, 4) is 0 Å². The van der Waals surface area contributed by atoms with E-state index in [1.807, 2.05) is 13.0 Å². The Labute approximate surface area is 151 Å². The van der Waals surface area contributed by atoms with Crippen LogP contribution < -0.4 is 9.62 Å². The highest BCUT2D eigenvalue weighted by Crippen LogP contribution is 2.24. The van der Waals surface area contributed by atoms with Gasteiger partial charge in [0.2, 0.25) is 10.0 Å². The standard InChI is InChI=1S/C17H18ClFN2O3S/c1-12-4-3-5-13(10-12)17(22)20-8-9-21(25(2,23)24)14-6-7-16(19)15(18)11-14/h3-7,10-11H,8-9H2,1-2H3,(H,20,22). The van der Waals surface area contributed by atoms with Crippen LogP contribution >= 0.6 is 11.6 Å². The first-order valence-electron chi connectivity index (χ1n) is 7.46. The highest BCUT2D eigenvalue weighted by Gasteiger charge is 2.18. The summed E-state index contributed by atoms with van der Waals surface area (Å²) in [5, 5.41) is 2.50. The van der Waals surface area contributed by atoms with Gasteiger partial charge in [0, 0.05) is 12.1 Å². The van der Waals surface area contributed by atoms with Gasteiger partial charge in [-0.2, -0.15) is 0 Å². The molecule has 0 unspecified atom stereocenters. The summed E-state index contributed by atoms with van der Waals surface area (Å²) >= 11 is 5.72. The molecule has 1 N–H and O–H groups in total. The van der Waals surface area contributed by atoms with Gasteiger partial charge in [-0.15, -0.1) is 0 Å². The van der Waals surface area contributed by atoms with Crippen molar-refractivity contribution < 1.29 is 17.6 Å². The molecular formula is C17H18ClFN2O3S. The lowest BCUT2D eigenvalue weighted by Crippen LogP contribution is -2.38. The number of carbonyl (C=O) groups is 1. The fraction of sp³-hybridized carbons (Fsp3) is 0.235. The summed E-state index contributed by atoms with van der Waals surface area (Å²) in [6.07, 6.45) is 1.03. The highest BCUT2D eigenvalue weighted by atomic mass is 35.5. The molecule has 0 atom stereocenters. The zero-order valence-electron chi connectivity index (χ0n) is 13.8. The van der Waals surface area contributed by atoms with E-state index >= 15 is 0 Å². The van der Waals surface area contributed by atoms with Crippen LogP contribution in [0.5, 0.6) is 0 Å². The minimum atomic E-state index is -3.62. The number of hydrogen-bond donors (Lipinski definition) is 1. The third kappa shape index (κ3) is 5.17. The molecule has 0 saturated heterocycles. The van der Waals surface area contributed by atoms with Crippen LogP contribution in [0.15, 0.2) is 42.5 Å². The molecule has 2 aromatic carbocycles. The molecule has 25 heavy (non-hydrogen) atoms. The molecule has 0 fully saturated rings. The molecule has 0 aromatic heterocycles. The van der Waals surface area contributed by atoms with Crippen LogP contribution in [-0.2, 0) is 10.0 Å². The van der Waals surface area contributed by atoms with Crippen molar-refractivity contribution in [2.45, 2.75) is 6.92 Å². The molecule has 134 valence electrons. The van der Waals surface area contributed by atoms with Crippen molar-refractivity contribution in [1.29, 1.82) is 0 Å². The van der Waals surface area contributed by atoms with E-state index in [0.717, 1.165) is 22.2 Å². The first kappa shape index (κ1) is 19.2. The summed E-state index contributed by atoms with van der Waals surface area (Å²) in [5.74, 6) is -0.930. The lowest BCUT2D eigenvalue weighted by Gasteiger charge is -2.23. The molecular weight excluding hydrogens is 367 g/mol. The van der Waals surface area contributed by atoms with E-state index in [2.05, 4.69) is 5.32 Å². The molecule has 0 bridgehead atoms. The number of sulfonamides is 1. The fourth-order valence-corrected chi connectivity index (χ4v) is 3.38. The number of aryl methyl sites for hydroxylation is 1. The Balaban J connectivity index is 2.08. The molecule has 0 heterocycles. The van der Waals surface area contributed by atoms with Gasteiger partial charge in [-0.1, -0.05) is 29.3 Å². The predicted molar refractivity (Wildman–Crippen MR) is 97.1 cm³/mol. The Morgan fingerprint density at radius 1 is 1.24 bits per heavy atom. The maximum atomic E-state index is 13.3. The second-order valence-corrected chi connectivity index (χ2v) is 7.87. The normalized spacial score (nSPS) is 11.2. The number of halogens is 2. The molecule has 0 aliphatic carbocycles. The molecule has 1 amide bonds. The van der Waals surface area contributed by atoms with Crippen molar-refractivity contribution in [3.05, 3.63) is 64.4 Å². The number of carbonyl (C=O) groups excluding carboxylic acids is 1. The minimum absolute atomic E-state index is 0.00164. The Kier molecular flexibility index (Phi) is 6.02. The minimum Gasteiger partial charge on any atom is -0.350 e. The van der Waals surface area contributed by atoms with E-state index in [1.54, 1.807) is 18.2 Å². The summed E-state index contributed by atoms with van der Waals surface area (Å²) in [6, 6.07) is 10.7. The van der Waals surface area contributed by atoms with Gasteiger partial charge in [-0.3, -0.25) is 9.10 Å². The van der Waals surface area contributed by atoms with E-state index in [0.29, 0.717) is 5.56 Å². The predicted octanol–water partition coefficient (Wildman–Crippen LogP) is 2.98. The molecule has 8 heteroatoms. The molecule has 2 rings (SSSR count). The largest absolute Gasteiger partial charge is 0.350 e. The van der Waals surface area contributed by atoms with Gasteiger partial charge < -0.3 is 5.32 Å². The number of nitrogens with zero attached hydrogens (tertiary/aromatic N) is 1.